The molecule has 0 fully saturated rings. The lowest BCUT2D eigenvalue weighted by Crippen LogP contribution is -2.32. The first-order chi connectivity index (χ1) is 11.0. The van der Waals surface area contributed by atoms with E-state index in [0.717, 1.165) is 11.1 Å². The second-order valence-electron chi connectivity index (χ2n) is 5.59. The third-order valence-corrected chi connectivity index (χ3v) is 4.06. The number of carbonyl (C=O) groups excluding carboxylic acids is 1. The molecule has 0 unspecified atom stereocenters. The summed E-state index contributed by atoms with van der Waals surface area (Å²) in [5, 5.41) is 0.507. The van der Waals surface area contributed by atoms with Crippen molar-refractivity contribution in [2.45, 2.75) is 18.9 Å². The maximum absolute atomic E-state index is 12.3. The molecule has 2 aromatic carbocycles. The van der Waals surface area contributed by atoms with Crippen molar-refractivity contribution >= 4 is 23.5 Å². The van der Waals surface area contributed by atoms with Gasteiger partial charge in [0.15, 0.2) is 5.54 Å². The van der Waals surface area contributed by atoms with Gasteiger partial charge in [0, 0.05) is 12.0 Å². The number of nitrogens with zero attached hydrogens (tertiary/aromatic N) is 1. The van der Waals surface area contributed by atoms with Crippen LogP contribution in [0.2, 0.25) is 5.02 Å². The Bertz CT molecular complexity index is 773. The van der Waals surface area contributed by atoms with Crippen LogP contribution < -0.4 is 4.74 Å². The van der Waals surface area contributed by atoms with E-state index in [2.05, 4.69) is 4.99 Å². The van der Waals surface area contributed by atoms with Crippen molar-refractivity contribution in [3.8, 4) is 5.75 Å². The van der Waals surface area contributed by atoms with Crippen molar-refractivity contribution in [1.82, 2.24) is 0 Å². The first-order valence-electron chi connectivity index (χ1n) is 7.22. The molecule has 1 heterocycles. The Kier molecular flexibility index (Phi) is 4.09. The molecule has 1 atom stereocenters. The molecular formula is C18H16ClNO3. The molecule has 0 radical (unpaired) electrons. The molecule has 0 N–H and O–H groups in total. The molecule has 0 aromatic heterocycles. The van der Waals surface area contributed by atoms with Gasteiger partial charge in [-0.15, -0.1) is 0 Å². The van der Waals surface area contributed by atoms with Crippen molar-refractivity contribution in [3.05, 3.63) is 64.7 Å². The number of ether oxygens (including phenoxy) is 2. The molecule has 5 heteroatoms. The van der Waals surface area contributed by atoms with E-state index < -0.39 is 5.54 Å². The first kappa shape index (κ1) is 15.6. The van der Waals surface area contributed by atoms with E-state index in [0.29, 0.717) is 23.1 Å². The van der Waals surface area contributed by atoms with E-state index in [9.17, 15) is 4.79 Å². The number of esters is 1. The zero-order chi connectivity index (χ0) is 16.4. The van der Waals surface area contributed by atoms with Gasteiger partial charge in [0.1, 0.15) is 5.75 Å². The zero-order valence-electron chi connectivity index (χ0n) is 12.9. The normalized spacial score (nSPS) is 20.1. The van der Waals surface area contributed by atoms with E-state index in [1.165, 1.54) is 0 Å². The number of hydrogen-bond donors (Lipinski definition) is 0. The topological polar surface area (TPSA) is 47.9 Å². The summed E-state index contributed by atoms with van der Waals surface area (Å²) < 4.78 is 10.5. The fourth-order valence-corrected chi connectivity index (χ4v) is 2.80. The summed E-state index contributed by atoms with van der Waals surface area (Å²) in [7, 11) is 1.56. The van der Waals surface area contributed by atoms with Crippen molar-refractivity contribution in [2.75, 3.05) is 7.11 Å². The lowest BCUT2D eigenvalue weighted by molar-refractivity contribution is -0.138. The number of cyclic esters (lactones) is 1. The summed E-state index contributed by atoms with van der Waals surface area (Å²) >= 11 is 6.14. The summed E-state index contributed by atoms with van der Waals surface area (Å²) in [6, 6.07) is 14.8. The van der Waals surface area contributed by atoms with Gasteiger partial charge in [0.2, 0.25) is 5.90 Å². The summed E-state index contributed by atoms with van der Waals surface area (Å²) in [5.74, 6) is 0.601. The molecule has 3 rings (SSSR count). The number of benzene rings is 2. The number of methoxy groups -OCH3 is 1. The summed E-state index contributed by atoms with van der Waals surface area (Å²) in [4.78, 5) is 16.8. The lowest BCUT2D eigenvalue weighted by atomic mass is 9.94. The molecule has 2 aromatic rings. The molecule has 0 saturated carbocycles. The quantitative estimate of drug-likeness (QED) is 0.804. The number of carbonyl (C=O) groups is 1. The minimum absolute atomic E-state index is 0.358. The molecule has 0 amide bonds. The highest BCUT2D eigenvalue weighted by atomic mass is 35.5. The van der Waals surface area contributed by atoms with Gasteiger partial charge in [-0.2, -0.15) is 0 Å². The number of aliphatic imine (C=N–C) groups is 1. The Hall–Kier alpha value is -2.33. The number of rotatable bonds is 4. The average molecular weight is 330 g/mol. The molecule has 1 aliphatic rings. The Morgan fingerprint density at radius 1 is 1.22 bits per heavy atom. The molecule has 4 nitrogen and oxygen atoms in total. The van der Waals surface area contributed by atoms with E-state index in [-0.39, 0.29) is 5.97 Å². The minimum Gasteiger partial charge on any atom is -0.495 e. The van der Waals surface area contributed by atoms with E-state index in [1.54, 1.807) is 26.2 Å². The standard InChI is InChI=1S/C18H16ClNO3/c1-18(11-12-8-9-15(22-2)14(19)10-12)17(21)23-16(20-18)13-6-4-3-5-7-13/h3-10H,11H2,1-2H3/t18-/m1/s1. The third kappa shape index (κ3) is 3.08. The van der Waals surface area contributed by atoms with Gasteiger partial charge in [-0.05, 0) is 36.8 Å². The highest BCUT2D eigenvalue weighted by Gasteiger charge is 2.42. The van der Waals surface area contributed by atoms with Crippen molar-refractivity contribution in [1.29, 1.82) is 0 Å². The molecule has 118 valence electrons. The molecule has 23 heavy (non-hydrogen) atoms. The van der Waals surface area contributed by atoms with Crippen molar-refractivity contribution < 1.29 is 14.3 Å². The van der Waals surface area contributed by atoms with Crippen LogP contribution in [0.15, 0.2) is 53.5 Å². The average Bonchev–Trinajstić information content (AvgIpc) is 2.84. The maximum atomic E-state index is 12.3. The SMILES string of the molecule is COc1ccc(C[C@@]2(C)N=C(c3ccccc3)OC2=O)cc1Cl. The zero-order valence-corrected chi connectivity index (χ0v) is 13.6. The van der Waals surface area contributed by atoms with Crippen molar-refractivity contribution in [3.63, 3.8) is 0 Å². The van der Waals surface area contributed by atoms with Gasteiger partial charge >= 0.3 is 5.97 Å². The van der Waals surface area contributed by atoms with Gasteiger partial charge in [-0.25, -0.2) is 9.79 Å². The Labute approximate surface area is 139 Å². The molecular weight excluding hydrogens is 314 g/mol. The van der Waals surface area contributed by atoms with Crippen LogP contribution in [0.4, 0.5) is 0 Å². The largest absolute Gasteiger partial charge is 0.495 e. The second-order valence-corrected chi connectivity index (χ2v) is 6.00. The van der Waals surface area contributed by atoms with Crippen LogP contribution in [0, 0.1) is 0 Å². The predicted molar refractivity (Wildman–Crippen MR) is 89.2 cm³/mol. The Balaban J connectivity index is 1.88. The fourth-order valence-electron chi connectivity index (χ4n) is 2.52. The van der Waals surface area contributed by atoms with Crippen LogP contribution in [0.25, 0.3) is 0 Å². The Morgan fingerprint density at radius 3 is 2.61 bits per heavy atom. The van der Waals surface area contributed by atoms with E-state index in [4.69, 9.17) is 21.1 Å². The van der Waals surface area contributed by atoms with E-state index in [1.807, 2.05) is 36.4 Å². The minimum atomic E-state index is -0.955. The van der Waals surface area contributed by atoms with E-state index >= 15 is 0 Å². The fraction of sp³-hybridized carbons (Fsp3) is 0.222. The summed E-state index contributed by atoms with van der Waals surface area (Å²) in [6.07, 6.45) is 0.409. The van der Waals surface area contributed by atoms with Crippen LogP contribution in [0.3, 0.4) is 0 Å². The molecule has 0 spiro atoms. The lowest BCUT2D eigenvalue weighted by Gasteiger charge is -2.16. The van der Waals surface area contributed by atoms with Crippen LogP contribution in [-0.2, 0) is 16.0 Å². The number of halogens is 1. The third-order valence-electron chi connectivity index (χ3n) is 3.76. The van der Waals surface area contributed by atoms with Crippen molar-refractivity contribution in [2.24, 2.45) is 4.99 Å². The highest BCUT2D eigenvalue weighted by Crippen LogP contribution is 2.30. The molecule has 1 aliphatic heterocycles. The van der Waals surface area contributed by atoms with Gasteiger partial charge in [0.25, 0.3) is 0 Å². The first-order valence-corrected chi connectivity index (χ1v) is 7.59. The van der Waals surface area contributed by atoms with Gasteiger partial charge in [-0.3, -0.25) is 0 Å². The molecule has 0 aliphatic carbocycles. The predicted octanol–water partition coefficient (Wildman–Crippen LogP) is 3.65. The van der Waals surface area contributed by atoms with Crippen LogP contribution >= 0.6 is 11.6 Å². The molecule has 0 bridgehead atoms. The van der Waals surface area contributed by atoms with Gasteiger partial charge < -0.3 is 9.47 Å². The van der Waals surface area contributed by atoms with Crippen LogP contribution in [0.1, 0.15) is 18.1 Å². The second kappa shape index (κ2) is 6.05. The summed E-state index contributed by atoms with van der Waals surface area (Å²) in [6.45, 7) is 1.77. The molecule has 0 saturated heterocycles. The Morgan fingerprint density at radius 2 is 1.96 bits per heavy atom. The number of hydrogen-bond acceptors (Lipinski definition) is 4. The van der Waals surface area contributed by atoms with Crippen LogP contribution in [0.5, 0.6) is 5.75 Å². The smallest absolute Gasteiger partial charge is 0.340 e. The van der Waals surface area contributed by atoms with Crippen LogP contribution in [-0.4, -0.2) is 24.5 Å². The van der Waals surface area contributed by atoms with Gasteiger partial charge in [0.05, 0.1) is 12.1 Å². The highest BCUT2D eigenvalue weighted by molar-refractivity contribution is 6.32. The van der Waals surface area contributed by atoms with Gasteiger partial charge in [-0.1, -0.05) is 35.9 Å². The monoisotopic (exact) mass is 329 g/mol. The maximum Gasteiger partial charge on any atom is 0.340 e. The summed E-state index contributed by atoms with van der Waals surface area (Å²) in [5.41, 5.74) is 0.731.